The maximum atomic E-state index is 12.8. The summed E-state index contributed by atoms with van der Waals surface area (Å²) in [6.45, 7) is 0.313. The molecule has 0 saturated heterocycles. The Hall–Kier alpha value is -2.31. The van der Waals surface area contributed by atoms with E-state index in [1.807, 2.05) is 6.07 Å². The van der Waals surface area contributed by atoms with E-state index >= 15 is 0 Å². The molecule has 0 unspecified atom stereocenters. The van der Waals surface area contributed by atoms with Gasteiger partial charge in [-0.25, -0.2) is 4.39 Å². The molecule has 2 rings (SSSR count). The van der Waals surface area contributed by atoms with E-state index in [-0.39, 0.29) is 5.82 Å². The summed E-state index contributed by atoms with van der Waals surface area (Å²) in [4.78, 5) is 0. The highest BCUT2D eigenvalue weighted by atomic mass is 35.5. The van der Waals surface area contributed by atoms with Gasteiger partial charge in [0.15, 0.2) is 0 Å². The van der Waals surface area contributed by atoms with Crippen LogP contribution in [0.4, 0.5) is 4.39 Å². The molecule has 0 heterocycles. The number of nitrogens with zero attached hydrogens (tertiary/aromatic N) is 1. The standard InChI is InChI=1S/C16H11ClFNO/c17-15-10-12(2-1-9-19)5-8-16(15)20-11-13-3-6-14(18)7-4-13/h1-8,10H,11H2. The van der Waals surface area contributed by atoms with Gasteiger partial charge in [0, 0.05) is 6.08 Å². The number of ether oxygens (including phenoxy) is 1. The third-order valence-corrected chi connectivity index (χ3v) is 2.91. The van der Waals surface area contributed by atoms with E-state index in [4.69, 9.17) is 21.6 Å². The van der Waals surface area contributed by atoms with Crippen molar-refractivity contribution >= 4 is 17.7 Å². The molecule has 0 aliphatic carbocycles. The van der Waals surface area contributed by atoms with Crippen LogP contribution >= 0.6 is 11.6 Å². The van der Waals surface area contributed by atoms with Crippen LogP contribution in [0.2, 0.25) is 5.02 Å². The Morgan fingerprint density at radius 1 is 1.20 bits per heavy atom. The van der Waals surface area contributed by atoms with Crippen molar-refractivity contribution in [2.45, 2.75) is 6.61 Å². The Labute approximate surface area is 121 Å². The first-order valence-corrected chi connectivity index (χ1v) is 6.30. The topological polar surface area (TPSA) is 33.0 Å². The summed E-state index contributed by atoms with van der Waals surface area (Å²) in [6.07, 6.45) is 3.04. The summed E-state index contributed by atoms with van der Waals surface area (Å²) in [7, 11) is 0. The molecule has 0 aromatic heterocycles. The third kappa shape index (κ3) is 3.84. The predicted molar refractivity (Wildman–Crippen MR) is 76.8 cm³/mol. The molecule has 0 atom stereocenters. The third-order valence-electron chi connectivity index (χ3n) is 2.61. The number of allylic oxidation sites excluding steroid dienone is 1. The lowest BCUT2D eigenvalue weighted by Crippen LogP contribution is -1.96. The second-order valence-electron chi connectivity index (χ2n) is 4.07. The molecule has 0 aliphatic heterocycles. The van der Waals surface area contributed by atoms with Crippen LogP contribution in [-0.2, 0) is 6.61 Å². The van der Waals surface area contributed by atoms with Gasteiger partial charge < -0.3 is 4.74 Å². The van der Waals surface area contributed by atoms with Crippen LogP contribution in [0.1, 0.15) is 11.1 Å². The van der Waals surface area contributed by atoms with Crippen LogP contribution in [0.25, 0.3) is 6.08 Å². The Kier molecular flexibility index (Phi) is 4.75. The average Bonchev–Trinajstić information content (AvgIpc) is 2.46. The number of rotatable bonds is 4. The molecule has 0 spiro atoms. The highest BCUT2D eigenvalue weighted by Gasteiger charge is 2.03. The van der Waals surface area contributed by atoms with Gasteiger partial charge in [-0.15, -0.1) is 0 Å². The molecule has 4 heteroatoms. The molecule has 2 aromatic rings. The largest absolute Gasteiger partial charge is 0.487 e. The van der Waals surface area contributed by atoms with Gasteiger partial charge >= 0.3 is 0 Å². The van der Waals surface area contributed by atoms with E-state index in [0.29, 0.717) is 17.4 Å². The summed E-state index contributed by atoms with van der Waals surface area (Å²) in [6, 6.07) is 13.3. The molecular weight excluding hydrogens is 277 g/mol. The fraction of sp³-hybridized carbons (Fsp3) is 0.0625. The monoisotopic (exact) mass is 287 g/mol. The maximum Gasteiger partial charge on any atom is 0.138 e. The van der Waals surface area contributed by atoms with Crippen molar-refractivity contribution in [2.75, 3.05) is 0 Å². The first-order valence-electron chi connectivity index (χ1n) is 5.92. The normalized spacial score (nSPS) is 10.4. The lowest BCUT2D eigenvalue weighted by atomic mass is 10.2. The number of hydrogen-bond acceptors (Lipinski definition) is 2. The highest BCUT2D eigenvalue weighted by Crippen LogP contribution is 2.26. The van der Waals surface area contributed by atoms with E-state index < -0.39 is 0 Å². The predicted octanol–water partition coefficient (Wildman–Crippen LogP) is 4.59. The lowest BCUT2D eigenvalue weighted by molar-refractivity contribution is 0.306. The maximum absolute atomic E-state index is 12.8. The van der Waals surface area contributed by atoms with Gasteiger partial charge in [0.05, 0.1) is 11.1 Å². The van der Waals surface area contributed by atoms with E-state index in [0.717, 1.165) is 11.1 Å². The van der Waals surface area contributed by atoms with Crippen molar-refractivity contribution in [3.63, 3.8) is 0 Å². The van der Waals surface area contributed by atoms with Gasteiger partial charge in [-0.2, -0.15) is 5.26 Å². The minimum Gasteiger partial charge on any atom is -0.487 e. The van der Waals surface area contributed by atoms with Crippen LogP contribution in [0.5, 0.6) is 5.75 Å². The van der Waals surface area contributed by atoms with Gasteiger partial charge in [-0.3, -0.25) is 0 Å². The molecule has 20 heavy (non-hydrogen) atoms. The van der Waals surface area contributed by atoms with Crippen LogP contribution in [0.3, 0.4) is 0 Å². The second kappa shape index (κ2) is 6.74. The minimum atomic E-state index is -0.277. The van der Waals surface area contributed by atoms with Crippen LogP contribution in [-0.4, -0.2) is 0 Å². The van der Waals surface area contributed by atoms with E-state index in [2.05, 4.69) is 0 Å². The van der Waals surface area contributed by atoms with Gasteiger partial charge in [-0.1, -0.05) is 29.8 Å². The van der Waals surface area contributed by atoms with Gasteiger partial charge in [0.2, 0.25) is 0 Å². The number of nitriles is 1. The van der Waals surface area contributed by atoms with E-state index in [9.17, 15) is 4.39 Å². The smallest absolute Gasteiger partial charge is 0.138 e. The van der Waals surface area contributed by atoms with Crippen LogP contribution in [0, 0.1) is 17.1 Å². The molecule has 0 bridgehead atoms. The summed E-state index contributed by atoms with van der Waals surface area (Å²) >= 11 is 6.10. The van der Waals surface area contributed by atoms with Gasteiger partial charge in [-0.05, 0) is 41.5 Å². The van der Waals surface area contributed by atoms with Gasteiger partial charge in [0.1, 0.15) is 18.2 Å². The number of benzene rings is 2. The van der Waals surface area contributed by atoms with Crippen molar-refractivity contribution < 1.29 is 9.13 Å². The number of halogens is 2. The molecule has 0 aliphatic rings. The molecule has 0 fully saturated rings. The summed E-state index contributed by atoms with van der Waals surface area (Å²) < 4.78 is 18.3. The Bertz CT molecular complexity index is 659. The van der Waals surface area contributed by atoms with Crippen molar-refractivity contribution in [3.05, 3.63) is 70.5 Å². The van der Waals surface area contributed by atoms with E-state index in [1.165, 1.54) is 18.2 Å². The molecule has 0 radical (unpaired) electrons. The van der Waals surface area contributed by atoms with Gasteiger partial charge in [0.25, 0.3) is 0 Å². The molecule has 0 amide bonds. The van der Waals surface area contributed by atoms with Crippen molar-refractivity contribution in [1.82, 2.24) is 0 Å². The van der Waals surface area contributed by atoms with E-state index in [1.54, 1.807) is 36.4 Å². The summed E-state index contributed by atoms with van der Waals surface area (Å²) in [5.74, 6) is 0.269. The SMILES string of the molecule is N#CC=Cc1ccc(OCc2ccc(F)cc2)c(Cl)c1. The molecule has 0 saturated carbocycles. The quantitative estimate of drug-likeness (QED) is 0.770. The van der Waals surface area contributed by atoms with Crippen molar-refractivity contribution in [1.29, 1.82) is 5.26 Å². The fourth-order valence-corrected chi connectivity index (χ4v) is 1.86. The Morgan fingerprint density at radius 3 is 2.60 bits per heavy atom. The van der Waals surface area contributed by atoms with Crippen LogP contribution < -0.4 is 4.74 Å². The zero-order valence-electron chi connectivity index (χ0n) is 10.5. The molecule has 2 nitrogen and oxygen atoms in total. The first-order chi connectivity index (χ1) is 9.69. The van der Waals surface area contributed by atoms with Crippen molar-refractivity contribution in [3.8, 4) is 11.8 Å². The highest BCUT2D eigenvalue weighted by molar-refractivity contribution is 6.32. The van der Waals surface area contributed by atoms with Crippen molar-refractivity contribution in [2.24, 2.45) is 0 Å². The zero-order chi connectivity index (χ0) is 14.4. The number of hydrogen-bond donors (Lipinski definition) is 0. The summed E-state index contributed by atoms with van der Waals surface area (Å²) in [5.41, 5.74) is 1.68. The molecular formula is C16H11ClFNO. The lowest BCUT2D eigenvalue weighted by Gasteiger charge is -2.08. The minimum absolute atomic E-state index is 0.277. The molecule has 100 valence electrons. The Morgan fingerprint density at radius 2 is 1.95 bits per heavy atom. The molecule has 0 N–H and O–H groups in total. The Balaban J connectivity index is 2.05. The van der Waals surface area contributed by atoms with Crippen LogP contribution in [0.15, 0.2) is 48.5 Å². The first kappa shape index (κ1) is 14.1. The second-order valence-corrected chi connectivity index (χ2v) is 4.47. The summed E-state index contributed by atoms with van der Waals surface area (Å²) in [5, 5.41) is 8.93. The molecule has 2 aromatic carbocycles. The average molecular weight is 288 g/mol. The zero-order valence-corrected chi connectivity index (χ0v) is 11.3. The fourth-order valence-electron chi connectivity index (χ4n) is 1.61.